The molecule has 0 saturated carbocycles. The second-order valence-corrected chi connectivity index (χ2v) is 6.00. The van der Waals surface area contributed by atoms with Crippen LogP contribution in [0.3, 0.4) is 0 Å². The van der Waals surface area contributed by atoms with Crippen molar-refractivity contribution in [2.45, 2.75) is 19.4 Å². The Labute approximate surface area is 141 Å². The highest BCUT2D eigenvalue weighted by molar-refractivity contribution is 5.87. The molecule has 1 aliphatic rings. The van der Waals surface area contributed by atoms with E-state index in [0.717, 1.165) is 5.56 Å². The largest absolute Gasteiger partial charge is 0.462 e. The molecule has 0 amide bonds. The first-order chi connectivity index (χ1) is 11.4. The molecular formula is C19H22O5. The first-order valence-electron chi connectivity index (χ1n) is 7.71. The lowest BCUT2D eigenvalue weighted by molar-refractivity contribution is -0.247. The molecule has 1 aromatic carbocycles. The van der Waals surface area contributed by atoms with Crippen LogP contribution < -0.4 is 0 Å². The van der Waals surface area contributed by atoms with Crippen LogP contribution in [0.15, 0.2) is 54.6 Å². The summed E-state index contributed by atoms with van der Waals surface area (Å²) in [6.07, 6.45) is 0. The van der Waals surface area contributed by atoms with Gasteiger partial charge in [-0.1, -0.05) is 43.5 Å². The Balaban J connectivity index is 2.15. The number of hydrogen-bond acceptors (Lipinski definition) is 5. The molecular weight excluding hydrogens is 308 g/mol. The first kappa shape index (κ1) is 17.9. The Hall–Kier alpha value is -2.40. The summed E-state index contributed by atoms with van der Waals surface area (Å²) >= 11 is 0. The summed E-state index contributed by atoms with van der Waals surface area (Å²) in [5.41, 5.74) is 0.723. The fourth-order valence-electron chi connectivity index (χ4n) is 2.46. The van der Waals surface area contributed by atoms with Crippen molar-refractivity contribution in [2.75, 3.05) is 19.8 Å². The van der Waals surface area contributed by atoms with E-state index in [0.29, 0.717) is 17.8 Å². The van der Waals surface area contributed by atoms with Crippen molar-refractivity contribution >= 4 is 11.9 Å². The van der Waals surface area contributed by atoms with E-state index in [-0.39, 0.29) is 19.1 Å². The highest BCUT2D eigenvalue weighted by Crippen LogP contribution is 2.43. The molecule has 0 radical (unpaired) electrons. The Bertz CT molecular complexity index is 649. The van der Waals surface area contributed by atoms with Crippen LogP contribution in [-0.4, -0.2) is 31.8 Å². The van der Waals surface area contributed by atoms with Gasteiger partial charge in [-0.3, -0.25) is 0 Å². The topological polar surface area (TPSA) is 61.8 Å². The van der Waals surface area contributed by atoms with E-state index in [1.54, 1.807) is 13.8 Å². The molecule has 1 saturated heterocycles. The van der Waals surface area contributed by atoms with Crippen LogP contribution in [0.4, 0.5) is 0 Å². The Morgan fingerprint density at radius 1 is 1.12 bits per heavy atom. The fourth-order valence-corrected chi connectivity index (χ4v) is 2.46. The van der Waals surface area contributed by atoms with Crippen LogP contribution in [0.25, 0.3) is 0 Å². The standard InChI is InChI=1S/C19H22O5/c1-13(2)17(20)22-10-16-11-24-19(16,12-23-18(21)14(3)4)15-8-6-5-7-9-15/h5-9,16H,1,3,10-12H2,2,4H3. The molecule has 1 aliphatic heterocycles. The van der Waals surface area contributed by atoms with E-state index in [4.69, 9.17) is 14.2 Å². The van der Waals surface area contributed by atoms with Crippen LogP contribution in [0.5, 0.6) is 0 Å². The number of rotatable bonds is 7. The van der Waals surface area contributed by atoms with Gasteiger partial charge in [0.15, 0.2) is 0 Å². The minimum atomic E-state index is -0.818. The maximum absolute atomic E-state index is 11.7. The Morgan fingerprint density at radius 3 is 2.21 bits per heavy atom. The van der Waals surface area contributed by atoms with E-state index in [1.165, 1.54) is 0 Å². The molecule has 2 rings (SSSR count). The van der Waals surface area contributed by atoms with Gasteiger partial charge in [0.1, 0.15) is 12.2 Å². The third-order valence-electron chi connectivity index (χ3n) is 3.99. The first-order valence-corrected chi connectivity index (χ1v) is 7.71. The molecule has 0 N–H and O–H groups in total. The van der Waals surface area contributed by atoms with Crippen molar-refractivity contribution in [1.29, 1.82) is 0 Å². The molecule has 1 aromatic rings. The van der Waals surface area contributed by atoms with Crippen LogP contribution in [0, 0.1) is 5.92 Å². The molecule has 2 unspecified atom stereocenters. The number of carbonyl (C=O) groups is 2. The zero-order valence-electron chi connectivity index (χ0n) is 14.0. The van der Waals surface area contributed by atoms with Gasteiger partial charge in [-0.2, -0.15) is 0 Å². The van der Waals surface area contributed by atoms with E-state index in [2.05, 4.69) is 13.2 Å². The van der Waals surface area contributed by atoms with Crippen LogP contribution in [0.1, 0.15) is 19.4 Å². The van der Waals surface area contributed by atoms with E-state index < -0.39 is 17.5 Å². The monoisotopic (exact) mass is 330 g/mol. The second kappa shape index (κ2) is 7.45. The van der Waals surface area contributed by atoms with Crippen LogP contribution in [-0.2, 0) is 29.4 Å². The maximum atomic E-state index is 11.7. The third kappa shape index (κ3) is 3.74. The van der Waals surface area contributed by atoms with Crippen molar-refractivity contribution < 1.29 is 23.8 Å². The quantitative estimate of drug-likeness (QED) is 0.568. The molecule has 2 atom stereocenters. The van der Waals surface area contributed by atoms with Gasteiger partial charge in [0, 0.05) is 11.1 Å². The number of ether oxygens (including phenoxy) is 3. The van der Waals surface area contributed by atoms with Gasteiger partial charge in [-0.15, -0.1) is 0 Å². The number of esters is 2. The predicted molar refractivity (Wildman–Crippen MR) is 89.1 cm³/mol. The van der Waals surface area contributed by atoms with E-state index in [9.17, 15) is 9.59 Å². The van der Waals surface area contributed by atoms with Gasteiger partial charge in [0.2, 0.25) is 0 Å². The molecule has 0 aliphatic carbocycles. The summed E-state index contributed by atoms with van der Waals surface area (Å²) in [5, 5.41) is 0. The molecule has 128 valence electrons. The minimum Gasteiger partial charge on any atom is -0.462 e. The number of benzene rings is 1. The number of carbonyl (C=O) groups excluding carboxylic acids is 2. The summed E-state index contributed by atoms with van der Waals surface area (Å²) in [6.45, 7) is 11.0. The van der Waals surface area contributed by atoms with Crippen molar-refractivity contribution in [3.63, 3.8) is 0 Å². The molecule has 1 fully saturated rings. The Kier molecular flexibility index (Phi) is 5.57. The summed E-state index contributed by atoms with van der Waals surface area (Å²) in [6, 6.07) is 9.47. The van der Waals surface area contributed by atoms with Gasteiger partial charge in [-0.05, 0) is 19.4 Å². The van der Waals surface area contributed by atoms with Crippen molar-refractivity contribution in [2.24, 2.45) is 5.92 Å². The molecule has 0 aromatic heterocycles. The van der Waals surface area contributed by atoms with E-state index >= 15 is 0 Å². The van der Waals surface area contributed by atoms with Gasteiger partial charge in [0.25, 0.3) is 0 Å². The Morgan fingerprint density at radius 2 is 1.71 bits per heavy atom. The summed E-state index contributed by atoms with van der Waals surface area (Å²) in [4.78, 5) is 23.4. The van der Waals surface area contributed by atoms with Gasteiger partial charge in [0.05, 0.1) is 19.1 Å². The number of hydrogen-bond donors (Lipinski definition) is 0. The minimum absolute atomic E-state index is 0.0397. The zero-order valence-corrected chi connectivity index (χ0v) is 14.0. The summed E-state index contributed by atoms with van der Waals surface area (Å²) < 4.78 is 16.4. The average Bonchev–Trinajstić information content (AvgIpc) is 2.54. The summed E-state index contributed by atoms with van der Waals surface area (Å²) in [5.74, 6) is -1.03. The molecule has 0 spiro atoms. The van der Waals surface area contributed by atoms with Crippen molar-refractivity contribution in [1.82, 2.24) is 0 Å². The average molecular weight is 330 g/mol. The maximum Gasteiger partial charge on any atom is 0.333 e. The SMILES string of the molecule is C=C(C)C(=O)OCC1COC1(COC(=O)C(=C)C)c1ccccc1. The molecule has 1 heterocycles. The molecule has 0 bridgehead atoms. The lowest BCUT2D eigenvalue weighted by atomic mass is 9.78. The second-order valence-electron chi connectivity index (χ2n) is 6.00. The van der Waals surface area contributed by atoms with Crippen molar-refractivity contribution in [3.8, 4) is 0 Å². The van der Waals surface area contributed by atoms with Gasteiger partial charge in [-0.25, -0.2) is 9.59 Å². The van der Waals surface area contributed by atoms with Gasteiger partial charge < -0.3 is 14.2 Å². The normalized spacial score (nSPS) is 22.2. The zero-order chi connectivity index (χ0) is 17.7. The lowest BCUT2D eigenvalue weighted by Crippen LogP contribution is -2.56. The molecule has 24 heavy (non-hydrogen) atoms. The van der Waals surface area contributed by atoms with Crippen LogP contribution in [0.2, 0.25) is 0 Å². The highest BCUT2D eigenvalue weighted by atomic mass is 16.6. The van der Waals surface area contributed by atoms with Gasteiger partial charge >= 0.3 is 11.9 Å². The molecule has 5 nitrogen and oxygen atoms in total. The van der Waals surface area contributed by atoms with Crippen LogP contribution >= 0.6 is 0 Å². The predicted octanol–water partition coefficient (Wildman–Crippen LogP) is 2.77. The van der Waals surface area contributed by atoms with Crippen molar-refractivity contribution in [3.05, 3.63) is 60.2 Å². The summed E-state index contributed by atoms with van der Waals surface area (Å²) in [7, 11) is 0. The molecule has 5 heteroatoms. The van der Waals surface area contributed by atoms with E-state index in [1.807, 2.05) is 30.3 Å². The highest BCUT2D eigenvalue weighted by Gasteiger charge is 2.51. The lowest BCUT2D eigenvalue weighted by Gasteiger charge is -2.48. The smallest absolute Gasteiger partial charge is 0.333 e. The third-order valence-corrected chi connectivity index (χ3v) is 3.99. The fraction of sp³-hybridized carbons (Fsp3) is 0.368.